The van der Waals surface area contributed by atoms with E-state index in [1.807, 2.05) is 23.1 Å². The summed E-state index contributed by atoms with van der Waals surface area (Å²) in [6, 6.07) is 10.4. The molecule has 5 aliphatic rings. The van der Waals surface area contributed by atoms with Crippen LogP contribution in [-0.2, 0) is 4.74 Å². The lowest BCUT2D eigenvalue weighted by Gasteiger charge is -2.54. The van der Waals surface area contributed by atoms with E-state index in [1.54, 1.807) is 0 Å². The maximum Gasteiger partial charge on any atom is 0.414 e. The Balaban J connectivity index is 1.54. The third-order valence-corrected chi connectivity index (χ3v) is 6.97. The van der Waals surface area contributed by atoms with Crippen molar-refractivity contribution >= 4 is 6.09 Å². The van der Waals surface area contributed by atoms with Gasteiger partial charge in [0.1, 0.15) is 6.61 Å². The van der Waals surface area contributed by atoms with Crippen LogP contribution in [0.2, 0.25) is 0 Å². The van der Waals surface area contributed by atoms with E-state index >= 15 is 0 Å². The Bertz CT molecular complexity index is 682. The molecule has 24 heavy (non-hydrogen) atoms. The molecular formula is C21H25NO2. The quantitative estimate of drug-likeness (QED) is 0.762. The van der Waals surface area contributed by atoms with E-state index < -0.39 is 0 Å². The van der Waals surface area contributed by atoms with Gasteiger partial charge in [0.05, 0.1) is 6.04 Å². The first kappa shape index (κ1) is 14.6. The summed E-state index contributed by atoms with van der Waals surface area (Å²) < 4.78 is 5.47. The van der Waals surface area contributed by atoms with Crippen LogP contribution >= 0.6 is 0 Å². The highest BCUT2D eigenvalue weighted by Crippen LogP contribution is 2.59. The SMILES string of the molecule is O=C1OC[C@@H](c2ccccc2)N1C1=CC23CCCCC2CC1CC3. The molecule has 3 nitrogen and oxygen atoms in total. The molecule has 1 amide bonds. The van der Waals surface area contributed by atoms with E-state index in [0.717, 1.165) is 5.92 Å². The van der Waals surface area contributed by atoms with Gasteiger partial charge in [-0.2, -0.15) is 0 Å². The van der Waals surface area contributed by atoms with E-state index in [4.69, 9.17) is 4.74 Å². The molecule has 0 N–H and O–H groups in total. The molecule has 6 rings (SSSR count). The maximum absolute atomic E-state index is 12.6. The van der Waals surface area contributed by atoms with E-state index in [1.165, 1.54) is 56.2 Å². The number of ether oxygens (including phenoxy) is 1. The van der Waals surface area contributed by atoms with Crippen LogP contribution in [0.3, 0.4) is 0 Å². The number of carbonyl (C=O) groups is 1. The zero-order valence-electron chi connectivity index (χ0n) is 14.1. The Hall–Kier alpha value is -1.77. The van der Waals surface area contributed by atoms with Crippen LogP contribution in [0.1, 0.15) is 56.6 Å². The fourth-order valence-electron chi connectivity index (χ4n) is 5.76. The van der Waals surface area contributed by atoms with Crippen LogP contribution in [0.15, 0.2) is 42.1 Å². The molecule has 1 spiro atoms. The molecule has 4 aliphatic carbocycles. The lowest BCUT2D eigenvalue weighted by atomic mass is 9.53. The van der Waals surface area contributed by atoms with E-state index in [0.29, 0.717) is 17.9 Å². The largest absolute Gasteiger partial charge is 0.447 e. The van der Waals surface area contributed by atoms with Crippen molar-refractivity contribution in [2.24, 2.45) is 17.3 Å². The predicted molar refractivity (Wildman–Crippen MR) is 92.2 cm³/mol. The molecule has 2 bridgehead atoms. The first-order chi connectivity index (χ1) is 11.8. The van der Waals surface area contributed by atoms with Crippen molar-refractivity contribution in [3.05, 3.63) is 47.7 Å². The fourth-order valence-corrected chi connectivity index (χ4v) is 5.76. The lowest BCUT2D eigenvalue weighted by molar-refractivity contribution is 0.0398. The molecule has 1 saturated heterocycles. The molecule has 0 aromatic heterocycles. The standard InChI is InChI=1S/C21H25NO2/c23-20-22(19(14-24-20)15-6-2-1-3-7-15)18-13-21-10-5-4-8-17(21)12-16(18)9-11-21/h1-3,6-7,13,16-17,19H,4-5,8-12,14H2/t16?,17?,19-,21?/m0/s1. The summed E-state index contributed by atoms with van der Waals surface area (Å²) >= 11 is 0. The second-order valence-corrected chi connectivity index (χ2v) is 8.09. The third kappa shape index (κ3) is 2.06. The molecular weight excluding hydrogens is 298 g/mol. The molecule has 1 aliphatic heterocycles. The van der Waals surface area contributed by atoms with Gasteiger partial charge in [0.2, 0.25) is 0 Å². The number of amides is 1. The minimum atomic E-state index is -0.147. The number of cyclic esters (lactones) is 1. The Morgan fingerprint density at radius 3 is 2.83 bits per heavy atom. The molecule has 2 saturated carbocycles. The van der Waals surface area contributed by atoms with Gasteiger partial charge < -0.3 is 4.74 Å². The minimum absolute atomic E-state index is 0.0442. The van der Waals surface area contributed by atoms with E-state index in [2.05, 4.69) is 18.2 Å². The molecule has 126 valence electrons. The van der Waals surface area contributed by atoms with Crippen molar-refractivity contribution < 1.29 is 9.53 Å². The van der Waals surface area contributed by atoms with Crippen LogP contribution in [0.4, 0.5) is 4.79 Å². The second-order valence-electron chi connectivity index (χ2n) is 8.09. The zero-order chi connectivity index (χ0) is 16.1. The summed E-state index contributed by atoms with van der Waals surface area (Å²) in [5, 5.41) is 0. The average Bonchev–Trinajstić information content (AvgIpc) is 3.03. The van der Waals surface area contributed by atoms with Crippen LogP contribution in [0.5, 0.6) is 0 Å². The Morgan fingerprint density at radius 1 is 1.08 bits per heavy atom. The summed E-state index contributed by atoms with van der Waals surface area (Å²) in [6.45, 7) is 0.476. The van der Waals surface area contributed by atoms with Gasteiger partial charge in [0.25, 0.3) is 0 Å². The number of rotatable bonds is 2. The first-order valence-corrected chi connectivity index (χ1v) is 9.50. The summed E-state index contributed by atoms with van der Waals surface area (Å²) in [6.07, 6.45) is 11.6. The molecule has 3 unspecified atom stereocenters. The molecule has 1 aromatic rings. The van der Waals surface area contributed by atoms with Crippen LogP contribution in [0.25, 0.3) is 0 Å². The van der Waals surface area contributed by atoms with Crippen molar-refractivity contribution in [3.8, 4) is 0 Å². The number of allylic oxidation sites excluding steroid dienone is 2. The minimum Gasteiger partial charge on any atom is -0.447 e. The van der Waals surface area contributed by atoms with Gasteiger partial charge in [-0.1, -0.05) is 49.2 Å². The lowest BCUT2D eigenvalue weighted by Crippen LogP contribution is -2.46. The van der Waals surface area contributed by atoms with Crippen LogP contribution in [-0.4, -0.2) is 17.6 Å². The van der Waals surface area contributed by atoms with Crippen molar-refractivity contribution in [1.29, 1.82) is 0 Å². The summed E-state index contributed by atoms with van der Waals surface area (Å²) in [7, 11) is 0. The third-order valence-electron chi connectivity index (χ3n) is 6.97. The number of nitrogens with zero attached hydrogens (tertiary/aromatic N) is 1. The van der Waals surface area contributed by atoms with Crippen LogP contribution in [0, 0.1) is 17.3 Å². The molecule has 1 aromatic carbocycles. The topological polar surface area (TPSA) is 29.5 Å². The number of hydrogen-bond donors (Lipinski definition) is 0. The summed E-state index contributed by atoms with van der Waals surface area (Å²) in [4.78, 5) is 14.5. The highest BCUT2D eigenvalue weighted by atomic mass is 16.6. The van der Waals surface area contributed by atoms with Gasteiger partial charge in [0, 0.05) is 5.70 Å². The summed E-state index contributed by atoms with van der Waals surface area (Å²) in [5.41, 5.74) is 2.83. The molecule has 4 atom stereocenters. The van der Waals surface area contributed by atoms with Crippen molar-refractivity contribution in [2.45, 2.75) is 51.0 Å². The number of hydrogen-bond acceptors (Lipinski definition) is 2. The van der Waals surface area contributed by atoms with Gasteiger partial charge in [-0.25, -0.2) is 4.79 Å². The van der Waals surface area contributed by atoms with Gasteiger partial charge in [-0.15, -0.1) is 0 Å². The number of fused-ring (bicyclic) bond motifs is 1. The molecule has 3 heteroatoms. The van der Waals surface area contributed by atoms with E-state index in [9.17, 15) is 4.79 Å². The van der Waals surface area contributed by atoms with Crippen molar-refractivity contribution in [3.63, 3.8) is 0 Å². The zero-order valence-corrected chi connectivity index (χ0v) is 14.1. The maximum atomic E-state index is 12.6. The Kier molecular flexibility index (Phi) is 3.26. The highest BCUT2D eigenvalue weighted by molar-refractivity contribution is 5.73. The van der Waals surface area contributed by atoms with Gasteiger partial charge in [-0.05, 0) is 54.9 Å². The van der Waals surface area contributed by atoms with Gasteiger partial charge in [0.15, 0.2) is 0 Å². The van der Waals surface area contributed by atoms with Crippen molar-refractivity contribution in [1.82, 2.24) is 4.90 Å². The smallest absolute Gasteiger partial charge is 0.414 e. The van der Waals surface area contributed by atoms with Gasteiger partial charge >= 0.3 is 6.09 Å². The Morgan fingerprint density at radius 2 is 1.96 bits per heavy atom. The van der Waals surface area contributed by atoms with E-state index in [-0.39, 0.29) is 12.1 Å². The first-order valence-electron chi connectivity index (χ1n) is 9.50. The fraction of sp³-hybridized carbons (Fsp3) is 0.571. The van der Waals surface area contributed by atoms with Crippen molar-refractivity contribution in [2.75, 3.05) is 6.61 Å². The summed E-state index contributed by atoms with van der Waals surface area (Å²) in [5.74, 6) is 1.40. The number of benzene rings is 1. The predicted octanol–water partition coefficient (Wildman–Crippen LogP) is 5.05. The Labute approximate surface area is 143 Å². The normalized spacial score (nSPS) is 37.8. The second kappa shape index (κ2) is 5.37. The monoisotopic (exact) mass is 323 g/mol. The van der Waals surface area contributed by atoms with Crippen LogP contribution < -0.4 is 0 Å². The highest BCUT2D eigenvalue weighted by Gasteiger charge is 2.51. The molecule has 3 fully saturated rings. The molecule has 0 radical (unpaired) electrons. The number of carbonyl (C=O) groups excluding carboxylic acids is 1. The van der Waals surface area contributed by atoms with Gasteiger partial charge in [-0.3, -0.25) is 4.90 Å². The average molecular weight is 323 g/mol. The molecule has 1 heterocycles.